The van der Waals surface area contributed by atoms with Crippen molar-refractivity contribution in [1.82, 2.24) is 20.0 Å². The SMILES string of the molecule is Cc1nc2c(OCc3c(F)cccc3F)cc(Cl)cn2c1C(=O)NCCNC(C)C. The van der Waals surface area contributed by atoms with E-state index in [-0.39, 0.29) is 23.8 Å². The number of rotatable bonds is 8. The summed E-state index contributed by atoms with van der Waals surface area (Å²) in [5, 5.41) is 6.35. The number of aryl methyl sites for hydroxylation is 1. The Morgan fingerprint density at radius 2 is 1.97 bits per heavy atom. The predicted octanol–water partition coefficient (Wildman–Crippen LogP) is 3.88. The highest BCUT2D eigenvalue weighted by Gasteiger charge is 2.20. The van der Waals surface area contributed by atoms with Crippen molar-refractivity contribution < 1.29 is 18.3 Å². The molecule has 9 heteroatoms. The van der Waals surface area contributed by atoms with E-state index in [0.717, 1.165) is 12.1 Å². The highest BCUT2D eigenvalue weighted by Crippen LogP contribution is 2.28. The molecule has 0 spiro atoms. The number of fused-ring (bicyclic) bond motifs is 1. The first-order chi connectivity index (χ1) is 14.3. The third-order valence-corrected chi connectivity index (χ3v) is 4.65. The minimum atomic E-state index is -0.706. The number of nitrogens with one attached hydrogen (secondary N) is 2. The molecule has 0 saturated heterocycles. The summed E-state index contributed by atoms with van der Waals surface area (Å²) in [6.45, 7) is 6.47. The van der Waals surface area contributed by atoms with Gasteiger partial charge in [0.2, 0.25) is 0 Å². The fraction of sp³-hybridized carbons (Fsp3) is 0.333. The van der Waals surface area contributed by atoms with Crippen LogP contribution in [-0.4, -0.2) is 34.4 Å². The van der Waals surface area contributed by atoms with Gasteiger partial charge < -0.3 is 15.4 Å². The number of hydrogen-bond donors (Lipinski definition) is 2. The Kier molecular flexibility index (Phi) is 6.89. The van der Waals surface area contributed by atoms with E-state index in [2.05, 4.69) is 15.6 Å². The average molecular weight is 437 g/mol. The van der Waals surface area contributed by atoms with E-state index >= 15 is 0 Å². The second kappa shape index (κ2) is 9.40. The molecule has 30 heavy (non-hydrogen) atoms. The van der Waals surface area contributed by atoms with Crippen LogP contribution in [0.1, 0.15) is 35.6 Å². The van der Waals surface area contributed by atoms with Crippen molar-refractivity contribution >= 4 is 23.2 Å². The molecule has 0 unspecified atom stereocenters. The molecule has 1 aromatic carbocycles. The lowest BCUT2D eigenvalue weighted by molar-refractivity contribution is 0.0947. The zero-order valence-electron chi connectivity index (χ0n) is 16.9. The van der Waals surface area contributed by atoms with Crippen molar-refractivity contribution in [3.8, 4) is 5.75 Å². The van der Waals surface area contributed by atoms with Gasteiger partial charge in [0.1, 0.15) is 23.9 Å². The number of nitrogens with zero attached hydrogens (tertiary/aromatic N) is 2. The molecular formula is C21H23ClF2N4O2. The number of aromatic nitrogens is 2. The average Bonchev–Trinajstić information content (AvgIpc) is 3.00. The van der Waals surface area contributed by atoms with E-state index in [4.69, 9.17) is 16.3 Å². The molecule has 3 rings (SSSR count). The maximum absolute atomic E-state index is 13.9. The summed E-state index contributed by atoms with van der Waals surface area (Å²) in [7, 11) is 0. The molecule has 3 aromatic rings. The Morgan fingerprint density at radius 3 is 2.63 bits per heavy atom. The summed E-state index contributed by atoms with van der Waals surface area (Å²) in [5.74, 6) is -1.50. The molecule has 6 nitrogen and oxygen atoms in total. The predicted molar refractivity (Wildman–Crippen MR) is 111 cm³/mol. The monoisotopic (exact) mass is 436 g/mol. The molecule has 0 aliphatic rings. The number of imidazole rings is 1. The van der Waals surface area contributed by atoms with Crippen LogP contribution in [0.3, 0.4) is 0 Å². The number of pyridine rings is 1. The van der Waals surface area contributed by atoms with Crippen LogP contribution in [0.15, 0.2) is 30.5 Å². The fourth-order valence-corrected chi connectivity index (χ4v) is 3.21. The molecule has 0 atom stereocenters. The van der Waals surface area contributed by atoms with Gasteiger partial charge in [-0.15, -0.1) is 0 Å². The number of hydrogen-bond acceptors (Lipinski definition) is 4. The third-order valence-electron chi connectivity index (χ3n) is 4.44. The number of benzene rings is 1. The van der Waals surface area contributed by atoms with Crippen LogP contribution in [0.25, 0.3) is 5.65 Å². The standard InChI is InChI=1S/C21H23ClF2N4O2/c1-12(2)25-7-8-26-21(29)19-13(3)27-20-18(9-14(22)10-28(19)20)30-11-15-16(23)5-4-6-17(15)24/h4-6,9-10,12,25H,7-8,11H2,1-3H3,(H,26,29). The number of ether oxygens (including phenoxy) is 1. The first kappa shape index (κ1) is 22.0. The van der Waals surface area contributed by atoms with Crippen LogP contribution in [-0.2, 0) is 6.61 Å². The smallest absolute Gasteiger partial charge is 0.270 e. The Labute approximate surface area is 178 Å². The van der Waals surface area contributed by atoms with Crippen molar-refractivity contribution in [1.29, 1.82) is 0 Å². The molecule has 160 valence electrons. The van der Waals surface area contributed by atoms with Crippen LogP contribution < -0.4 is 15.4 Å². The third kappa shape index (κ3) is 4.88. The van der Waals surface area contributed by atoms with Gasteiger partial charge in [-0.3, -0.25) is 9.20 Å². The van der Waals surface area contributed by atoms with E-state index in [1.807, 2.05) is 13.8 Å². The summed E-state index contributed by atoms with van der Waals surface area (Å²) in [4.78, 5) is 17.1. The van der Waals surface area contributed by atoms with E-state index < -0.39 is 11.6 Å². The number of halogens is 3. The van der Waals surface area contributed by atoms with Crippen LogP contribution >= 0.6 is 11.6 Å². The van der Waals surface area contributed by atoms with E-state index in [1.54, 1.807) is 13.1 Å². The molecule has 0 bridgehead atoms. The largest absolute Gasteiger partial charge is 0.485 e. The van der Waals surface area contributed by atoms with Gasteiger partial charge in [-0.1, -0.05) is 31.5 Å². The van der Waals surface area contributed by atoms with Crippen LogP contribution in [0.5, 0.6) is 5.75 Å². The van der Waals surface area contributed by atoms with Crippen molar-refractivity contribution in [2.75, 3.05) is 13.1 Å². The van der Waals surface area contributed by atoms with Crippen molar-refractivity contribution in [2.24, 2.45) is 0 Å². The van der Waals surface area contributed by atoms with Gasteiger partial charge in [-0.25, -0.2) is 13.8 Å². The highest BCUT2D eigenvalue weighted by molar-refractivity contribution is 6.30. The second-order valence-electron chi connectivity index (χ2n) is 7.12. The molecule has 2 N–H and O–H groups in total. The molecule has 0 radical (unpaired) electrons. The zero-order valence-corrected chi connectivity index (χ0v) is 17.7. The van der Waals surface area contributed by atoms with Gasteiger partial charge in [0, 0.05) is 31.4 Å². The Balaban J connectivity index is 1.85. The number of carbonyl (C=O) groups excluding carboxylic acids is 1. The summed E-state index contributed by atoms with van der Waals surface area (Å²) in [6, 6.07) is 5.41. The maximum atomic E-state index is 13.9. The van der Waals surface area contributed by atoms with Gasteiger partial charge in [0.15, 0.2) is 11.4 Å². The first-order valence-corrected chi connectivity index (χ1v) is 9.91. The molecule has 0 aliphatic heterocycles. The van der Waals surface area contributed by atoms with Crippen molar-refractivity contribution in [3.63, 3.8) is 0 Å². The lowest BCUT2D eigenvalue weighted by atomic mass is 10.2. The normalized spacial score (nSPS) is 11.3. The minimum Gasteiger partial charge on any atom is -0.485 e. The van der Waals surface area contributed by atoms with Gasteiger partial charge >= 0.3 is 0 Å². The van der Waals surface area contributed by atoms with Crippen molar-refractivity contribution in [3.05, 3.63) is 64.1 Å². The Hall–Kier alpha value is -2.71. The van der Waals surface area contributed by atoms with Crippen LogP contribution in [0.2, 0.25) is 5.02 Å². The van der Waals surface area contributed by atoms with Crippen molar-refractivity contribution in [2.45, 2.75) is 33.4 Å². The Morgan fingerprint density at radius 1 is 1.27 bits per heavy atom. The lowest BCUT2D eigenvalue weighted by Crippen LogP contribution is -2.35. The number of carbonyl (C=O) groups is 1. The van der Waals surface area contributed by atoms with E-state index in [9.17, 15) is 13.6 Å². The second-order valence-corrected chi connectivity index (χ2v) is 7.55. The summed E-state index contributed by atoms with van der Waals surface area (Å²) in [5.41, 5.74) is 0.932. The Bertz CT molecular complexity index is 1050. The maximum Gasteiger partial charge on any atom is 0.270 e. The summed E-state index contributed by atoms with van der Waals surface area (Å²) in [6.07, 6.45) is 1.55. The van der Waals surface area contributed by atoms with Gasteiger partial charge in [0.05, 0.1) is 16.3 Å². The minimum absolute atomic E-state index is 0.200. The molecule has 0 aliphatic carbocycles. The van der Waals surface area contributed by atoms with Gasteiger partial charge in [-0.05, 0) is 19.1 Å². The quantitative estimate of drug-likeness (QED) is 0.526. The molecular weight excluding hydrogens is 414 g/mol. The van der Waals surface area contributed by atoms with Gasteiger partial charge in [-0.2, -0.15) is 0 Å². The molecule has 0 fully saturated rings. The van der Waals surface area contributed by atoms with Crippen LogP contribution in [0, 0.1) is 18.6 Å². The highest BCUT2D eigenvalue weighted by atomic mass is 35.5. The zero-order chi connectivity index (χ0) is 21.8. The fourth-order valence-electron chi connectivity index (χ4n) is 3.02. The molecule has 2 aromatic heterocycles. The summed E-state index contributed by atoms with van der Waals surface area (Å²) >= 11 is 6.20. The first-order valence-electron chi connectivity index (χ1n) is 9.53. The van der Waals surface area contributed by atoms with Gasteiger partial charge in [0.25, 0.3) is 5.91 Å². The molecule has 1 amide bonds. The van der Waals surface area contributed by atoms with E-state index in [0.29, 0.717) is 41.2 Å². The topological polar surface area (TPSA) is 67.7 Å². The molecule has 2 heterocycles. The molecule has 0 saturated carbocycles. The number of amides is 1. The van der Waals surface area contributed by atoms with Crippen LogP contribution in [0.4, 0.5) is 8.78 Å². The summed E-state index contributed by atoms with van der Waals surface area (Å²) < 4.78 is 34.9. The van der Waals surface area contributed by atoms with E-state index in [1.165, 1.54) is 16.5 Å². The lowest BCUT2D eigenvalue weighted by Gasteiger charge is -2.11.